The van der Waals surface area contributed by atoms with Gasteiger partial charge in [0.15, 0.2) is 0 Å². The summed E-state index contributed by atoms with van der Waals surface area (Å²) in [6.45, 7) is 3.11. The minimum atomic E-state index is -0.165. The maximum atomic E-state index is 12.1. The molecule has 2 fully saturated rings. The third-order valence-electron chi connectivity index (χ3n) is 3.26. The van der Waals surface area contributed by atoms with Gasteiger partial charge in [-0.1, -0.05) is 0 Å². The van der Waals surface area contributed by atoms with E-state index >= 15 is 0 Å². The molecule has 1 atom stereocenters. The average molecular weight is 200 g/mol. The van der Waals surface area contributed by atoms with Gasteiger partial charge in [-0.05, 0) is 38.6 Å². The smallest absolute Gasteiger partial charge is 0.0906 e. The van der Waals surface area contributed by atoms with Crippen molar-refractivity contribution in [2.45, 2.75) is 44.2 Å². The van der Waals surface area contributed by atoms with Crippen molar-refractivity contribution in [1.29, 1.82) is 0 Å². The Morgan fingerprint density at radius 2 is 2.14 bits per heavy atom. The molecule has 3 heteroatoms. The first kappa shape index (κ1) is 10.4. The third kappa shape index (κ3) is 2.92. The van der Waals surface area contributed by atoms with Crippen molar-refractivity contribution in [3.8, 4) is 0 Å². The van der Waals surface area contributed by atoms with Gasteiger partial charge in [0.2, 0.25) is 0 Å². The summed E-state index contributed by atoms with van der Waals surface area (Å²) in [5.41, 5.74) is 0. The van der Waals surface area contributed by atoms with Crippen LogP contribution in [-0.4, -0.2) is 43.3 Å². The van der Waals surface area contributed by atoms with Crippen molar-refractivity contribution >= 4 is 0 Å². The minimum absolute atomic E-state index is 0.165. The van der Waals surface area contributed by atoms with Crippen LogP contribution in [-0.2, 0) is 0 Å². The summed E-state index contributed by atoms with van der Waals surface area (Å²) in [5, 5.41) is 3.51. The first-order valence-corrected chi connectivity index (χ1v) is 5.93. The molecule has 0 aromatic rings. The lowest BCUT2D eigenvalue weighted by Crippen LogP contribution is -2.39. The molecule has 0 spiro atoms. The molecule has 0 aromatic heterocycles. The van der Waals surface area contributed by atoms with E-state index in [1.165, 1.54) is 32.2 Å². The van der Waals surface area contributed by atoms with Gasteiger partial charge >= 0.3 is 0 Å². The van der Waals surface area contributed by atoms with Crippen LogP contribution in [0.5, 0.6) is 0 Å². The van der Waals surface area contributed by atoms with Crippen molar-refractivity contribution in [3.63, 3.8) is 0 Å². The number of nitrogens with one attached hydrogen (secondary N) is 1. The van der Waals surface area contributed by atoms with Crippen molar-refractivity contribution < 1.29 is 4.39 Å². The van der Waals surface area contributed by atoms with E-state index in [1.807, 2.05) is 0 Å². The Morgan fingerprint density at radius 3 is 2.71 bits per heavy atom. The summed E-state index contributed by atoms with van der Waals surface area (Å²) < 4.78 is 12.1. The fourth-order valence-corrected chi connectivity index (χ4v) is 2.32. The van der Waals surface area contributed by atoms with Crippen LogP contribution < -0.4 is 5.32 Å². The van der Waals surface area contributed by atoms with Crippen LogP contribution in [0.3, 0.4) is 0 Å². The zero-order valence-corrected chi connectivity index (χ0v) is 8.84. The predicted octanol–water partition coefficient (Wildman–Crippen LogP) is 1.56. The molecule has 1 saturated carbocycles. The largest absolute Gasteiger partial charge is 0.313 e. The molecule has 1 N–H and O–H groups in total. The molecule has 1 unspecified atom stereocenters. The van der Waals surface area contributed by atoms with E-state index in [9.17, 15) is 4.39 Å². The van der Waals surface area contributed by atoms with Gasteiger partial charge in [0.1, 0.15) is 0 Å². The Balaban J connectivity index is 1.71. The van der Waals surface area contributed by atoms with E-state index < -0.39 is 0 Å². The van der Waals surface area contributed by atoms with Gasteiger partial charge < -0.3 is 5.32 Å². The molecule has 14 heavy (non-hydrogen) atoms. The first-order valence-electron chi connectivity index (χ1n) is 5.93. The summed E-state index contributed by atoms with van der Waals surface area (Å²) >= 11 is 0. The molecule has 0 amide bonds. The minimum Gasteiger partial charge on any atom is -0.313 e. The van der Waals surface area contributed by atoms with Crippen LogP contribution in [0.25, 0.3) is 0 Å². The Bertz CT molecular complexity index is 165. The second-order valence-corrected chi connectivity index (χ2v) is 4.56. The molecule has 1 aliphatic carbocycles. The Morgan fingerprint density at radius 1 is 1.29 bits per heavy atom. The van der Waals surface area contributed by atoms with Gasteiger partial charge in [-0.25, -0.2) is 0 Å². The number of rotatable bonds is 6. The number of alkyl halides is 1. The maximum Gasteiger partial charge on any atom is 0.0906 e. The van der Waals surface area contributed by atoms with E-state index in [1.54, 1.807) is 0 Å². The van der Waals surface area contributed by atoms with Crippen LogP contribution in [0.15, 0.2) is 0 Å². The standard InChI is InChI=1S/C11H21FN2/c12-6-2-8-14(11-4-5-11)9-10-3-1-7-13-10/h10-11,13H,1-9H2. The van der Waals surface area contributed by atoms with Gasteiger partial charge in [0.25, 0.3) is 0 Å². The molecule has 1 aliphatic heterocycles. The van der Waals surface area contributed by atoms with Gasteiger partial charge in [-0.15, -0.1) is 0 Å². The summed E-state index contributed by atoms with van der Waals surface area (Å²) in [6, 6.07) is 1.46. The van der Waals surface area contributed by atoms with E-state index in [-0.39, 0.29) is 6.67 Å². The topological polar surface area (TPSA) is 15.3 Å². The SMILES string of the molecule is FCCCN(CC1CCCN1)C1CC1. The molecular weight excluding hydrogens is 179 g/mol. The molecule has 2 aliphatic rings. The molecule has 1 saturated heterocycles. The average Bonchev–Trinajstić information content (AvgIpc) is 2.92. The summed E-state index contributed by atoms with van der Waals surface area (Å²) in [7, 11) is 0. The monoisotopic (exact) mass is 200 g/mol. The highest BCUT2D eigenvalue weighted by Gasteiger charge is 2.30. The number of halogens is 1. The van der Waals surface area contributed by atoms with Crippen LogP contribution in [0.4, 0.5) is 4.39 Å². The number of hydrogen-bond acceptors (Lipinski definition) is 2. The Hall–Kier alpha value is -0.150. The fraction of sp³-hybridized carbons (Fsp3) is 1.00. The lowest BCUT2D eigenvalue weighted by molar-refractivity contribution is 0.228. The molecule has 1 heterocycles. The van der Waals surface area contributed by atoms with Crippen LogP contribution in [0, 0.1) is 0 Å². The zero-order valence-electron chi connectivity index (χ0n) is 8.84. The Labute approximate surface area is 85.9 Å². The molecule has 2 rings (SSSR count). The van der Waals surface area contributed by atoms with E-state index in [0.29, 0.717) is 12.5 Å². The van der Waals surface area contributed by atoms with Crippen LogP contribution >= 0.6 is 0 Å². The van der Waals surface area contributed by atoms with E-state index in [2.05, 4.69) is 10.2 Å². The van der Waals surface area contributed by atoms with Crippen LogP contribution in [0.1, 0.15) is 32.1 Å². The zero-order chi connectivity index (χ0) is 9.80. The second-order valence-electron chi connectivity index (χ2n) is 4.56. The Kier molecular flexibility index (Phi) is 3.76. The second kappa shape index (κ2) is 5.08. The molecule has 0 aromatic carbocycles. The van der Waals surface area contributed by atoms with E-state index in [0.717, 1.165) is 19.1 Å². The third-order valence-corrected chi connectivity index (χ3v) is 3.26. The molecule has 82 valence electrons. The van der Waals surface area contributed by atoms with Gasteiger partial charge in [-0.3, -0.25) is 9.29 Å². The normalized spacial score (nSPS) is 27.4. The lowest BCUT2D eigenvalue weighted by Gasteiger charge is -2.25. The quantitative estimate of drug-likeness (QED) is 0.700. The van der Waals surface area contributed by atoms with Crippen LogP contribution in [0.2, 0.25) is 0 Å². The van der Waals surface area contributed by atoms with Crippen molar-refractivity contribution in [3.05, 3.63) is 0 Å². The number of hydrogen-bond donors (Lipinski definition) is 1. The summed E-state index contributed by atoms with van der Waals surface area (Å²) in [4.78, 5) is 2.49. The maximum absolute atomic E-state index is 12.1. The van der Waals surface area contributed by atoms with Crippen molar-refractivity contribution in [2.24, 2.45) is 0 Å². The van der Waals surface area contributed by atoms with Gasteiger partial charge in [0.05, 0.1) is 6.67 Å². The van der Waals surface area contributed by atoms with E-state index in [4.69, 9.17) is 0 Å². The molecular formula is C11H21FN2. The summed E-state index contributed by atoms with van der Waals surface area (Å²) in [5.74, 6) is 0. The lowest BCUT2D eigenvalue weighted by atomic mass is 10.2. The fourth-order valence-electron chi connectivity index (χ4n) is 2.32. The van der Waals surface area contributed by atoms with Crippen molar-refractivity contribution in [2.75, 3.05) is 26.3 Å². The highest BCUT2D eigenvalue weighted by molar-refractivity contribution is 4.88. The number of nitrogens with zero attached hydrogens (tertiary/aromatic N) is 1. The van der Waals surface area contributed by atoms with Gasteiger partial charge in [-0.2, -0.15) is 0 Å². The molecule has 2 nitrogen and oxygen atoms in total. The molecule has 0 bridgehead atoms. The predicted molar refractivity (Wildman–Crippen MR) is 56.2 cm³/mol. The van der Waals surface area contributed by atoms with Crippen molar-refractivity contribution in [1.82, 2.24) is 10.2 Å². The highest BCUT2D eigenvalue weighted by Crippen LogP contribution is 2.27. The van der Waals surface area contributed by atoms with Gasteiger partial charge in [0, 0.05) is 25.2 Å². The summed E-state index contributed by atoms with van der Waals surface area (Å²) in [6.07, 6.45) is 5.99. The molecule has 0 radical (unpaired) electrons. The highest BCUT2D eigenvalue weighted by atomic mass is 19.1. The first-order chi connectivity index (χ1) is 6.90.